The van der Waals surface area contributed by atoms with Crippen molar-refractivity contribution < 1.29 is 27.5 Å². The van der Waals surface area contributed by atoms with E-state index < -0.39 is 27.9 Å². The summed E-state index contributed by atoms with van der Waals surface area (Å²) < 4.78 is 38.0. The summed E-state index contributed by atoms with van der Waals surface area (Å²) in [7, 11) is -1.39. The van der Waals surface area contributed by atoms with Crippen LogP contribution in [0.3, 0.4) is 0 Å². The summed E-state index contributed by atoms with van der Waals surface area (Å²) in [5, 5.41) is 10.1. The number of ether oxygens (including phenoxy) is 2. The van der Waals surface area contributed by atoms with Crippen LogP contribution in [-0.4, -0.2) is 52.0 Å². The Morgan fingerprint density at radius 1 is 0.974 bits per heavy atom. The zero-order valence-corrected chi connectivity index (χ0v) is 22.8. The second-order valence-corrected chi connectivity index (χ2v) is 11.4. The maximum absolute atomic E-state index is 13.2. The average molecular weight is 551 g/mol. The van der Waals surface area contributed by atoms with Gasteiger partial charge in [0.25, 0.3) is 0 Å². The molecule has 0 aliphatic carbocycles. The molecule has 0 aromatic heterocycles. The number of nitrogens with zero attached hydrogens (tertiary/aromatic N) is 3. The number of nitriles is 1. The van der Waals surface area contributed by atoms with Crippen LogP contribution in [0.4, 0.5) is 5.69 Å². The summed E-state index contributed by atoms with van der Waals surface area (Å²) in [4.78, 5) is 27.6. The molecule has 0 amide bonds. The summed E-state index contributed by atoms with van der Waals surface area (Å²) >= 11 is 0. The number of esters is 2. The molecule has 0 bridgehead atoms. The number of rotatable bonds is 6. The smallest absolute Gasteiger partial charge is 0.355 e. The SMILES string of the molecule is COC(=O)C1=C(C(=O)OC)N(c2ccc(S(=O)(=O)N3CCC(C)CC3)cc2)C(N)=C(C#N)C1c1ccccc1. The van der Waals surface area contributed by atoms with Gasteiger partial charge in [-0.05, 0) is 48.6 Å². The molecular formula is C28H30N4O6S. The largest absolute Gasteiger partial charge is 0.466 e. The molecule has 1 saturated heterocycles. The summed E-state index contributed by atoms with van der Waals surface area (Å²) in [5.74, 6) is -2.34. The van der Waals surface area contributed by atoms with E-state index in [0.29, 0.717) is 24.6 Å². The molecule has 0 radical (unpaired) electrons. The Kier molecular flexibility index (Phi) is 8.09. The second kappa shape index (κ2) is 11.3. The molecule has 2 N–H and O–H groups in total. The van der Waals surface area contributed by atoms with Gasteiger partial charge < -0.3 is 15.2 Å². The number of nitrogens with two attached hydrogens (primary N) is 1. The van der Waals surface area contributed by atoms with Crippen molar-refractivity contribution in [2.75, 3.05) is 32.2 Å². The third-order valence-electron chi connectivity index (χ3n) is 7.09. The molecule has 0 saturated carbocycles. The molecule has 1 atom stereocenters. The van der Waals surface area contributed by atoms with Crippen molar-refractivity contribution in [1.82, 2.24) is 4.31 Å². The fraction of sp³-hybridized carbons (Fsp3) is 0.321. The lowest BCUT2D eigenvalue weighted by Crippen LogP contribution is -2.40. The van der Waals surface area contributed by atoms with Crippen LogP contribution in [-0.2, 0) is 29.1 Å². The highest BCUT2D eigenvalue weighted by Gasteiger charge is 2.43. The maximum atomic E-state index is 13.2. The minimum atomic E-state index is -3.73. The van der Waals surface area contributed by atoms with E-state index in [9.17, 15) is 23.3 Å². The first-order chi connectivity index (χ1) is 18.6. The Labute approximate surface area is 227 Å². The van der Waals surface area contributed by atoms with Gasteiger partial charge in [0.2, 0.25) is 10.0 Å². The number of allylic oxidation sites excluding steroid dienone is 1. The molecule has 0 spiro atoms. The van der Waals surface area contributed by atoms with Crippen LogP contribution < -0.4 is 10.6 Å². The molecule has 204 valence electrons. The molecule has 2 heterocycles. The molecule has 1 fully saturated rings. The van der Waals surface area contributed by atoms with Crippen LogP contribution >= 0.6 is 0 Å². The minimum absolute atomic E-state index is 0.0217. The van der Waals surface area contributed by atoms with Gasteiger partial charge in [-0.1, -0.05) is 37.3 Å². The molecule has 10 nitrogen and oxygen atoms in total. The zero-order valence-electron chi connectivity index (χ0n) is 22.0. The number of anilines is 1. The topological polar surface area (TPSA) is 143 Å². The summed E-state index contributed by atoms with van der Waals surface area (Å²) in [6.07, 6.45) is 1.57. The summed E-state index contributed by atoms with van der Waals surface area (Å²) in [6, 6.07) is 16.5. The molecule has 1 unspecified atom stereocenters. The lowest BCUT2D eigenvalue weighted by molar-refractivity contribution is -0.139. The zero-order chi connectivity index (χ0) is 28.3. The van der Waals surface area contributed by atoms with E-state index in [-0.39, 0.29) is 33.2 Å². The van der Waals surface area contributed by atoms with Gasteiger partial charge >= 0.3 is 11.9 Å². The maximum Gasteiger partial charge on any atom is 0.355 e. The van der Waals surface area contributed by atoms with Gasteiger partial charge in [0.15, 0.2) is 0 Å². The van der Waals surface area contributed by atoms with Crippen molar-refractivity contribution in [3.8, 4) is 6.07 Å². The van der Waals surface area contributed by atoms with Crippen molar-refractivity contribution in [2.24, 2.45) is 11.7 Å². The monoisotopic (exact) mass is 550 g/mol. The molecule has 2 aliphatic rings. The van der Waals surface area contributed by atoms with Gasteiger partial charge in [-0.2, -0.15) is 9.57 Å². The Hall–Kier alpha value is -4.14. The number of methoxy groups -OCH3 is 2. The quantitative estimate of drug-likeness (QED) is 0.537. The number of carbonyl (C=O) groups is 2. The highest BCUT2D eigenvalue weighted by atomic mass is 32.2. The minimum Gasteiger partial charge on any atom is -0.466 e. The first kappa shape index (κ1) is 27.9. The molecule has 39 heavy (non-hydrogen) atoms. The van der Waals surface area contributed by atoms with Crippen molar-refractivity contribution in [3.05, 3.63) is 82.8 Å². The van der Waals surface area contributed by atoms with Crippen LogP contribution in [0, 0.1) is 17.2 Å². The van der Waals surface area contributed by atoms with Gasteiger partial charge in [0.05, 0.1) is 42.2 Å². The van der Waals surface area contributed by atoms with Crippen molar-refractivity contribution in [2.45, 2.75) is 30.6 Å². The van der Waals surface area contributed by atoms with E-state index in [4.69, 9.17) is 15.2 Å². The van der Waals surface area contributed by atoms with Crippen molar-refractivity contribution >= 4 is 27.6 Å². The second-order valence-electron chi connectivity index (χ2n) is 9.42. The molecule has 4 rings (SSSR count). The molecular weight excluding hydrogens is 520 g/mol. The highest BCUT2D eigenvalue weighted by molar-refractivity contribution is 7.89. The van der Waals surface area contributed by atoms with Crippen LogP contribution in [0.5, 0.6) is 0 Å². The average Bonchev–Trinajstić information content (AvgIpc) is 2.96. The van der Waals surface area contributed by atoms with Crippen molar-refractivity contribution in [3.63, 3.8) is 0 Å². The molecule has 2 aliphatic heterocycles. The number of sulfonamides is 1. The number of benzene rings is 2. The fourth-order valence-corrected chi connectivity index (χ4v) is 6.39. The predicted molar refractivity (Wildman–Crippen MR) is 143 cm³/mol. The van der Waals surface area contributed by atoms with Gasteiger partial charge in [-0.25, -0.2) is 18.0 Å². The predicted octanol–water partition coefficient (Wildman–Crippen LogP) is 3.00. The van der Waals surface area contributed by atoms with Crippen LogP contribution in [0.2, 0.25) is 0 Å². The number of carbonyl (C=O) groups excluding carboxylic acids is 2. The number of hydrogen-bond acceptors (Lipinski definition) is 9. The Balaban J connectivity index is 1.86. The van der Waals surface area contributed by atoms with E-state index in [1.54, 1.807) is 30.3 Å². The van der Waals surface area contributed by atoms with Gasteiger partial charge in [-0.3, -0.25) is 4.90 Å². The Bertz CT molecular complexity index is 1470. The van der Waals surface area contributed by atoms with E-state index in [2.05, 4.69) is 13.0 Å². The van der Waals surface area contributed by atoms with Gasteiger partial charge in [-0.15, -0.1) is 0 Å². The fourth-order valence-electron chi connectivity index (χ4n) is 4.92. The standard InChI is InChI=1S/C28H30N4O6S/c1-18-13-15-31(16-14-18)39(35,36)21-11-9-20(10-12-21)32-25(28(34)38-3)24(27(33)37-2)23(22(17-29)26(32)30)19-7-5-4-6-8-19/h4-12,18,23H,13-16,30H2,1-3H3. The van der Waals surface area contributed by atoms with Crippen LogP contribution in [0.25, 0.3) is 0 Å². The normalized spacial score (nSPS) is 19.0. The summed E-state index contributed by atoms with van der Waals surface area (Å²) in [5.41, 5.74) is 6.98. The number of hydrogen-bond donors (Lipinski definition) is 1. The first-order valence-electron chi connectivity index (χ1n) is 12.4. The Morgan fingerprint density at radius 2 is 1.56 bits per heavy atom. The van der Waals surface area contributed by atoms with E-state index in [1.165, 1.54) is 40.6 Å². The van der Waals surface area contributed by atoms with E-state index in [0.717, 1.165) is 20.0 Å². The van der Waals surface area contributed by atoms with E-state index in [1.807, 2.05) is 0 Å². The Morgan fingerprint density at radius 3 is 2.10 bits per heavy atom. The molecule has 2 aromatic rings. The first-order valence-corrected chi connectivity index (χ1v) is 13.9. The lowest BCUT2D eigenvalue weighted by Gasteiger charge is -2.36. The van der Waals surface area contributed by atoms with Gasteiger partial charge in [0, 0.05) is 18.8 Å². The molecule has 2 aromatic carbocycles. The van der Waals surface area contributed by atoms with Gasteiger partial charge in [0.1, 0.15) is 11.5 Å². The highest BCUT2D eigenvalue weighted by Crippen LogP contribution is 2.43. The third-order valence-corrected chi connectivity index (χ3v) is 9.00. The van der Waals surface area contributed by atoms with Crippen molar-refractivity contribution in [1.29, 1.82) is 5.26 Å². The third kappa shape index (κ3) is 5.13. The lowest BCUT2D eigenvalue weighted by atomic mass is 9.81. The van der Waals surface area contributed by atoms with Crippen LogP contribution in [0.1, 0.15) is 31.2 Å². The summed E-state index contributed by atoms with van der Waals surface area (Å²) in [6.45, 7) is 2.98. The van der Waals surface area contributed by atoms with Crippen LogP contribution in [0.15, 0.2) is 82.2 Å². The number of piperidine rings is 1. The van der Waals surface area contributed by atoms with E-state index >= 15 is 0 Å². The molecule has 11 heteroatoms.